The maximum Gasteiger partial charge on any atom is 0.255 e. The number of carbonyl (C=O) groups is 1. The number of nitrogens with zero attached hydrogens (tertiary/aromatic N) is 1. The molecule has 3 aromatic carbocycles. The summed E-state index contributed by atoms with van der Waals surface area (Å²) in [4.78, 5) is 15.9. The van der Waals surface area contributed by atoms with Crippen molar-refractivity contribution in [1.29, 1.82) is 0 Å². The number of benzene rings is 3. The number of carbonyl (C=O) groups excluding carboxylic acids is 1. The highest BCUT2D eigenvalue weighted by molar-refractivity contribution is 6.36. The van der Waals surface area contributed by atoms with Crippen LogP contribution in [0.25, 0.3) is 10.8 Å². The van der Waals surface area contributed by atoms with Gasteiger partial charge in [-0.3, -0.25) is 9.69 Å². The molecule has 3 aromatic rings. The lowest BCUT2D eigenvalue weighted by molar-refractivity contribution is 0.0825. The Hall–Kier alpha value is -2.27. The van der Waals surface area contributed by atoms with Crippen molar-refractivity contribution < 1.29 is 9.53 Å². The van der Waals surface area contributed by atoms with Gasteiger partial charge in [0.2, 0.25) is 0 Å². The Bertz CT molecular complexity index is 1090. The summed E-state index contributed by atoms with van der Waals surface area (Å²) >= 11 is 6.49. The van der Waals surface area contributed by atoms with Gasteiger partial charge in [-0.05, 0) is 37.3 Å². The molecular weight excluding hydrogens is 443 g/mol. The molecular formula is C26H28Cl2N2O2. The summed E-state index contributed by atoms with van der Waals surface area (Å²) in [6, 6.07) is 21.4. The van der Waals surface area contributed by atoms with Gasteiger partial charge in [0.25, 0.3) is 5.91 Å². The van der Waals surface area contributed by atoms with Gasteiger partial charge in [0, 0.05) is 40.5 Å². The number of hydrogen-bond acceptors (Lipinski definition) is 3. The van der Waals surface area contributed by atoms with E-state index in [9.17, 15) is 4.79 Å². The number of amides is 1. The Kier molecular flexibility index (Phi) is 6.94. The Labute approximate surface area is 200 Å². The molecule has 2 atom stereocenters. The first-order chi connectivity index (χ1) is 15.1. The highest BCUT2D eigenvalue weighted by atomic mass is 35.5. The summed E-state index contributed by atoms with van der Waals surface area (Å²) in [7, 11) is 1.61. The third kappa shape index (κ3) is 4.32. The first-order valence-electron chi connectivity index (χ1n) is 11.0. The number of rotatable bonds is 5. The molecule has 2 aliphatic heterocycles. The third-order valence-electron chi connectivity index (χ3n) is 6.82. The second kappa shape index (κ2) is 9.70. The first-order valence-corrected chi connectivity index (χ1v) is 11.4. The van der Waals surface area contributed by atoms with Crippen LogP contribution in [-0.2, 0) is 6.54 Å². The van der Waals surface area contributed by atoms with E-state index in [-0.39, 0.29) is 24.4 Å². The van der Waals surface area contributed by atoms with Gasteiger partial charge in [-0.2, -0.15) is 0 Å². The lowest BCUT2D eigenvalue weighted by Gasteiger charge is -2.39. The molecule has 0 aliphatic carbocycles. The lowest BCUT2D eigenvalue weighted by Crippen LogP contribution is -2.50. The molecule has 2 bridgehead atoms. The van der Waals surface area contributed by atoms with Gasteiger partial charge in [0.15, 0.2) is 0 Å². The maximum atomic E-state index is 13.2. The van der Waals surface area contributed by atoms with Crippen LogP contribution in [-0.4, -0.2) is 36.0 Å². The van der Waals surface area contributed by atoms with Crippen LogP contribution in [0, 0.1) is 0 Å². The van der Waals surface area contributed by atoms with Gasteiger partial charge in [-0.25, -0.2) is 0 Å². The number of nitrogens with one attached hydrogen (secondary N) is 1. The van der Waals surface area contributed by atoms with Crippen molar-refractivity contribution >= 4 is 40.7 Å². The average molecular weight is 471 g/mol. The average Bonchev–Trinajstić information content (AvgIpc) is 3.02. The lowest BCUT2D eigenvalue weighted by atomic mass is 9.96. The fourth-order valence-corrected chi connectivity index (χ4v) is 5.67. The van der Waals surface area contributed by atoms with Gasteiger partial charge in [-0.1, -0.05) is 66.2 Å². The molecule has 2 fully saturated rings. The van der Waals surface area contributed by atoms with Crippen molar-refractivity contribution in [2.45, 2.75) is 50.4 Å². The predicted molar refractivity (Wildman–Crippen MR) is 132 cm³/mol. The zero-order valence-corrected chi connectivity index (χ0v) is 19.7. The number of piperidine rings is 1. The van der Waals surface area contributed by atoms with Crippen molar-refractivity contribution in [1.82, 2.24) is 10.2 Å². The smallest absolute Gasteiger partial charge is 0.255 e. The minimum atomic E-state index is -0.106. The minimum Gasteiger partial charge on any atom is -0.495 e. The second-order valence-corrected chi connectivity index (χ2v) is 9.08. The molecule has 32 heavy (non-hydrogen) atoms. The number of fused-ring (bicyclic) bond motifs is 3. The number of methoxy groups -OCH3 is 1. The quantitative estimate of drug-likeness (QED) is 0.508. The molecule has 4 nitrogen and oxygen atoms in total. The Morgan fingerprint density at radius 1 is 1.03 bits per heavy atom. The second-order valence-electron chi connectivity index (χ2n) is 8.67. The van der Waals surface area contributed by atoms with E-state index in [1.54, 1.807) is 13.2 Å². The summed E-state index contributed by atoms with van der Waals surface area (Å²) in [6.45, 7) is 0.991. The van der Waals surface area contributed by atoms with Crippen LogP contribution < -0.4 is 10.1 Å². The van der Waals surface area contributed by atoms with E-state index in [2.05, 4.69) is 40.5 Å². The van der Waals surface area contributed by atoms with Crippen LogP contribution in [0.15, 0.2) is 60.7 Å². The molecule has 5 rings (SSSR count). The molecule has 0 saturated carbocycles. The largest absolute Gasteiger partial charge is 0.495 e. The Morgan fingerprint density at radius 2 is 1.66 bits per heavy atom. The molecule has 0 radical (unpaired) electrons. The van der Waals surface area contributed by atoms with Crippen LogP contribution in [0.1, 0.15) is 41.6 Å². The van der Waals surface area contributed by atoms with Crippen molar-refractivity contribution in [3.8, 4) is 5.75 Å². The van der Waals surface area contributed by atoms with Crippen molar-refractivity contribution in [2.75, 3.05) is 7.11 Å². The van der Waals surface area contributed by atoms with E-state index >= 15 is 0 Å². The molecule has 2 unspecified atom stereocenters. The van der Waals surface area contributed by atoms with E-state index in [4.69, 9.17) is 16.3 Å². The SMILES string of the molecule is COc1c(C(=O)NC2CC3CCC(C2)N3Cc2ccccc2)cc(Cl)c2ccccc12.Cl. The van der Waals surface area contributed by atoms with Gasteiger partial charge >= 0.3 is 0 Å². The van der Waals surface area contributed by atoms with Crippen molar-refractivity contribution in [3.63, 3.8) is 0 Å². The molecule has 2 heterocycles. The van der Waals surface area contributed by atoms with Crippen molar-refractivity contribution in [2.24, 2.45) is 0 Å². The van der Waals surface area contributed by atoms with Gasteiger partial charge < -0.3 is 10.1 Å². The molecule has 168 valence electrons. The van der Waals surface area contributed by atoms with E-state index in [0.29, 0.717) is 28.4 Å². The van der Waals surface area contributed by atoms with Gasteiger partial charge in [0.1, 0.15) is 5.75 Å². The van der Waals surface area contributed by atoms with E-state index in [0.717, 1.165) is 30.2 Å². The standard InChI is InChI=1S/C26H27ClN2O2.ClH/c1-31-25-22-10-6-5-9-21(22)24(27)15-23(25)26(30)28-18-13-19-11-12-20(14-18)29(19)16-17-7-3-2-4-8-17;/h2-10,15,18-20H,11-14,16H2,1H3,(H,28,30);1H. The van der Waals surface area contributed by atoms with Crippen LogP contribution in [0.2, 0.25) is 5.02 Å². The number of halogens is 2. The molecule has 0 aromatic heterocycles. The zero-order chi connectivity index (χ0) is 21.4. The summed E-state index contributed by atoms with van der Waals surface area (Å²) in [5, 5.41) is 5.61. The van der Waals surface area contributed by atoms with Gasteiger partial charge in [-0.15, -0.1) is 12.4 Å². The molecule has 1 amide bonds. The summed E-state index contributed by atoms with van der Waals surface area (Å²) in [6.07, 6.45) is 4.38. The topological polar surface area (TPSA) is 41.6 Å². The molecule has 2 aliphatic rings. The molecule has 6 heteroatoms. The third-order valence-corrected chi connectivity index (χ3v) is 7.13. The predicted octanol–water partition coefficient (Wildman–Crippen LogP) is 5.85. The van der Waals surface area contributed by atoms with Crippen LogP contribution in [0.4, 0.5) is 0 Å². The first kappa shape index (κ1) is 22.9. The fraction of sp³-hybridized carbons (Fsp3) is 0.346. The van der Waals surface area contributed by atoms with Crippen LogP contribution >= 0.6 is 24.0 Å². The number of ether oxygens (including phenoxy) is 1. The summed E-state index contributed by atoms with van der Waals surface area (Å²) < 4.78 is 5.63. The highest BCUT2D eigenvalue weighted by Crippen LogP contribution is 2.38. The monoisotopic (exact) mass is 470 g/mol. The summed E-state index contributed by atoms with van der Waals surface area (Å²) in [5.41, 5.74) is 1.86. The van der Waals surface area contributed by atoms with Gasteiger partial charge in [0.05, 0.1) is 12.7 Å². The molecule has 2 saturated heterocycles. The minimum absolute atomic E-state index is 0. The zero-order valence-electron chi connectivity index (χ0n) is 18.1. The van der Waals surface area contributed by atoms with Crippen LogP contribution in [0.3, 0.4) is 0 Å². The van der Waals surface area contributed by atoms with Crippen LogP contribution in [0.5, 0.6) is 5.75 Å². The summed E-state index contributed by atoms with van der Waals surface area (Å²) in [5.74, 6) is 0.479. The Balaban J connectivity index is 0.00000245. The fourth-order valence-electron chi connectivity index (χ4n) is 5.40. The highest BCUT2D eigenvalue weighted by Gasteiger charge is 2.41. The Morgan fingerprint density at radius 3 is 2.31 bits per heavy atom. The molecule has 0 spiro atoms. The van der Waals surface area contributed by atoms with Crippen molar-refractivity contribution in [3.05, 3.63) is 76.8 Å². The van der Waals surface area contributed by atoms with E-state index in [1.165, 1.54) is 18.4 Å². The normalized spacial score (nSPS) is 22.4. The van der Waals surface area contributed by atoms with E-state index in [1.807, 2.05) is 24.3 Å². The number of hydrogen-bond donors (Lipinski definition) is 1. The maximum absolute atomic E-state index is 13.2. The van der Waals surface area contributed by atoms with E-state index < -0.39 is 0 Å². The molecule has 1 N–H and O–H groups in total.